The fourth-order valence-electron chi connectivity index (χ4n) is 3.95. The number of rotatable bonds is 7. The van der Waals surface area contributed by atoms with Gasteiger partial charge in [-0.15, -0.1) is 0 Å². The van der Waals surface area contributed by atoms with E-state index < -0.39 is 10.0 Å². The highest BCUT2D eigenvalue weighted by molar-refractivity contribution is 7.89. The maximum absolute atomic E-state index is 12.6. The summed E-state index contributed by atoms with van der Waals surface area (Å²) >= 11 is 0. The molecule has 2 aromatic carbocycles. The summed E-state index contributed by atoms with van der Waals surface area (Å²) < 4.78 is 38.3. The molecule has 1 amide bonds. The smallest absolute Gasteiger partial charge is 0.258 e. The Kier molecular flexibility index (Phi) is 5.94. The fourth-order valence-corrected chi connectivity index (χ4v) is 5.47. The standard InChI is InChI=1S/C23H28N2O5S/c1-23(2)14-18-6-5-7-20(22(18)30-23)29-16-21(26)24-15-17-8-10-19(11-9-17)31(27,28)25-12-3-4-13-25/h5-11H,3-4,12-16H2,1-2H3,(H,24,26). The molecule has 2 aliphatic heterocycles. The molecule has 0 aromatic heterocycles. The van der Waals surface area contributed by atoms with Crippen LogP contribution in [0.5, 0.6) is 11.5 Å². The van der Waals surface area contributed by atoms with Crippen LogP contribution in [-0.4, -0.2) is 43.9 Å². The Morgan fingerprint density at radius 3 is 2.55 bits per heavy atom. The molecule has 8 heteroatoms. The van der Waals surface area contributed by atoms with E-state index in [4.69, 9.17) is 9.47 Å². The zero-order valence-electron chi connectivity index (χ0n) is 17.9. The van der Waals surface area contributed by atoms with Crippen LogP contribution >= 0.6 is 0 Å². The summed E-state index contributed by atoms with van der Waals surface area (Å²) in [7, 11) is -3.43. The third-order valence-electron chi connectivity index (χ3n) is 5.53. The molecule has 2 aromatic rings. The molecule has 1 fully saturated rings. The Morgan fingerprint density at radius 1 is 1.13 bits per heavy atom. The molecule has 0 unspecified atom stereocenters. The van der Waals surface area contributed by atoms with Crippen LogP contribution < -0.4 is 14.8 Å². The molecule has 2 heterocycles. The number of para-hydroxylation sites is 1. The number of nitrogens with one attached hydrogen (secondary N) is 1. The first-order valence-electron chi connectivity index (χ1n) is 10.5. The van der Waals surface area contributed by atoms with Crippen LogP contribution in [0.25, 0.3) is 0 Å². The minimum absolute atomic E-state index is 0.123. The lowest BCUT2D eigenvalue weighted by molar-refractivity contribution is -0.123. The Hall–Kier alpha value is -2.58. The van der Waals surface area contributed by atoms with Gasteiger partial charge in [0.25, 0.3) is 5.91 Å². The van der Waals surface area contributed by atoms with Crippen molar-refractivity contribution >= 4 is 15.9 Å². The van der Waals surface area contributed by atoms with Crippen molar-refractivity contribution in [1.82, 2.24) is 9.62 Å². The minimum atomic E-state index is -3.43. The van der Waals surface area contributed by atoms with Crippen LogP contribution in [0.15, 0.2) is 47.4 Å². The van der Waals surface area contributed by atoms with E-state index in [2.05, 4.69) is 5.32 Å². The zero-order valence-corrected chi connectivity index (χ0v) is 18.7. The first-order chi connectivity index (χ1) is 14.7. The molecule has 1 N–H and O–H groups in total. The molecule has 1 saturated heterocycles. The average Bonchev–Trinajstić information content (AvgIpc) is 3.38. The van der Waals surface area contributed by atoms with Crippen molar-refractivity contribution in [3.05, 3.63) is 53.6 Å². The van der Waals surface area contributed by atoms with E-state index in [0.717, 1.165) is 30.4 Å². The average molecular weight is 445 g/mol. The summed E-state index contributed by atoms with van der Waals surface area (Å²) in [6.07, 6.45) is 2.61. The molecule has 7 nitrogen and oxygen atoms in total. The van der Waals surface area contributed by atoms with Crippen LogP contribution in [-0.2, 0) is 27.8 Å². The summed E-state index contributed by atoms with van der Waals surface area (Å²) in [6, 6.07) is 12.3. The van der Waals surface area contributed by atoms with Gasteiger partial charge < -0.3 is 14.8 Å². The number of carbonyl (C=O) groups excluding carboxylic acids is 1. The molecule has 0 saturated carbocycles. The van der Waals surface area contributed by atoms with Crippen molar-refractivity contribution in [2.24, 2.45) is 0 Å². The molecule has 4 rings (SSSR count). The van der Waals surface area contributed by atoms with Gasteiger partial charge in [0, 0.05) is 31.6 Å². The van der Waals surface area contributed by atoms with E-state index in [0.29, 0.717) is 31.1 Å². The van der Waals surface area contributed by atoms with Crippen molar-refractivity contribution in [2.75, 3.05) is 19.7 Å². The van der Waals surface area contributed by atoms with Crippen molar-refractivity contribution < 1.29 is 22.7 Å². The van der Waals surface area contributed by atoms with Crippen molar-refractivity contribution in [3.8, 4) is 11.5 Å². The number of hydrogen-bond acceptors (Lipinski definition) is 5. The second kappa shape index (κ2) is 8.51. The van der Waals surface area contributed by atoms with Gasteiger partial charge in [0.05, 0.1) is 4.90 Å². The van der Waals surface area contributed by atoms with Crippen LogP contribution in [0, 0.1) is 0 Å². The van der Waals surface area contributed by atoms with Crippen LogP contribution in [0.1, 0.15) is 37.8 Å². The molecular formula is C23H28N2O5S. The molecule has 2 aliphatic rings. The fraction of sp³-hybridized carbons (Fsp3) is 0.435. The maximum atomic E-state index is 12.6. The molecule has 0 atom stereocenters. The van der Waals surface area contributed by atoms with Gasteiger partial charge in [-0.05, 0) is 50.5 Å². The highest BCUT2D eigenvalue weighted by Gasteiger charge is 2.32. The molecule has 0 spiro atoms. The van der Waals surface area contributed by atoms with Crippen LogP contribution in [0.2, 0.25) is 0 Å². The number of ether oxygens (including phenoxy) is 2. The van der Waals surface area contributed by atoms with Gasteiger partial charge >= 0.3 is 0 Å². The first kappa shape index (κ1) is 21.6. The van der Waals surface area contributed by atoms with Gasteiger partial charge in [-0.2, -0.15) is 4.31 Å². The Balaban J connectivity index is 1.30. The van der Waals surface area contributed by atoms with Gasteiger partial charge in [-0.1, -0.05) is 24.3 Å². The Labute approximate surface area is 183 Å². The van der Waals surface area contributed by atoms with Gasteiger partial charge in [-0.3, -0.25) is 4.79 Å². The molecule has 0 radical (unpaired) electrons. The third-order valence-corrected chi connectivity index (χ3v) is 7.44. The van der Waals surface area contributed by atoms with Gasteiger partial charge in [0.15, 0.2) is 18.1 Å². The number of fused-ring (bicyclic) bond motifs is 1. The summed E-state index contributed by atoms with van der Waals surface area (Å²) in [5.74, 6) is 1.01. The van der Waals surface area contributed by atoms with Gasteiger partial charge in [0.2, 0.25) is 10.0 Å². The maximum Gasteiger partial charge on any atom is 0.258 e. The summed E-state index contributed by atoms with van der Waals surface area (Å²) in [6.45, 7) is 5.36. The van der Waals surface area contributed by atoms with E-state index in [1.54, 1.807) is 30.3 Å². The normalized spacial score (nSPS) is 17.7. The van der Waals surface area contributed by atoms with E-state index in [1.165, 1.54) is 4.31 Å². The van der Waals surface area contributed by atoms with Crippen molar-refractivity contribution in [3.63, 3.8) is 0 Å². The number of benzene rings is 2. The zero-order chi connectivity index (χ0) is 22.1. The third kappa shape index (κ3) is 4.85. The SMILES string of the molecule is CC1(C)Cc2cccc(OCC(=O)NCc3ccc(S(=O)(=O)N4CCCC4)cc3)c2O1. The molecule has 31 heavy (non-hydrogen) atoms. The Morgan fingerprint density at radius 2 is 1.84 bits per heavy atom. The summed E-state index contributed by atoms with van der Waals surface area (Å²) in [5, 5.41) is 2.80. The van der Waals surface area contributed by atoms with E-state index in [1.807, 2.05) is 26.0 Å². The first-order valence-corrected chi connectivity index (χ1v) is 12.0. The predicted octanol–water partition coefficient (Wildman–Crippen LogP) is 2.88. The lowest BCUT2D eigenvalue weighted by Gasteiger charge is -2.18. The monoisotopic (exact) mass is 444 g/mol. The second-order valence-corrected chi connectivity index (χ2v) is 10.5. The second-order valence-electron chi connectivity index (χ2n) is 8.60. The van der Waals surface area contributed by atoms with Crippen LogP contribution in [0.3, 0.4) is 0 Å². The molecule has 0 bridgehead atoms. The highest BCUT2D eigenvalue weighted by atomic mass is 32.2. The van der Waals surface area contributed by atoms with Crippen molar-refractivity contribution in [2.45, 2.75) is 50.2 Å². The van der Waals surface area contributed by atoms with Gasteiger partial charge in [0.1, 0.15) is 5.60 Å². The van der Waals surface area contributed by atoms with E-state index in [9.17, 15) is 13.2 Å². The van der Waals surface area contributed by atoms with Crippen molar-refractivity contribution in [1.29, 1.82) is 0 Å². The number of nitrogens with zero attached hydrogens (tertiary/aromatic N) is 1. The largest absolute Gasteiger partial charge is 0.483 e. The van der Waals surface area contributed by atoms with E-state index in [-0.39, 0.29) is 23.0 Å². The molecule has 0 aliphatic carbocycles. The summed E-state index contributed by atoms with van der Waals surface area (Å²) in [4.78, 5) is 12.5. The number of carbonyl (C=O) groups is 1. The summed E-state index contributed by atoms with van der Waals surface area (Å²) in [5.41, 5.74) is 1.62. The van der Waals surface area contributed by atoms with Crippen LogP contribution in [0.4, 0.5) is 0 Å². The number of amides is 1. The molecule has 166 valence electrons. The minimum Gasteiger partial charge on any atom is -0.483 e. The topological polar surface area (TPSA) is 84.9 Å². The lowest BCUT2D eigenvalue weighted by Crippen LogP contribution is -2.29. The quantitative estimate of drug-likeness (QED) is 0.710. The Bertz CT molecular complexity index is 1060. The molecular weight excluding hydrogens is 416 g/mol. The lowest BCUT2D eigenvalue weighted by atomic mass is 10.0. The van der Waals surface area contributed by atoms with Gasteiger partial charge in [-0.25, -0.2) is 8.42 Å². The predicted molar refractivity (Wildman–Crippen MR) is 117 cm³/mol. The number of sulfonamides is 1. The number of hydrogen-bond donors (Lipinski definition) is 1. The highest BCUT2D eigenvalue weighted by Crippen LogP contribution is 2.41. The van der Waals surface area contributed by atoms with E-state index >= 15 is 0 Å².